The van der Waals surface area contributed by atoms with Gasteiger partial charge < -0.3 is 36.8 Å². The second-order valence-electron chi connectivity index (χ2n) is 12.7. The van der Waals surface area contributed by atoms with Crippen LogP contribution in [-0.4, -0.2) is 84.5 Å². The lowest BCUT2D eigenvalue weighted by Crippen LogP contribution is -2.58. The summed E-state index contributed by atoms with van der Waals surface area (Å²) in [5.74, 6) is -16.0. The lowest BCUT2D eigenvalue weighted by atomic mass is 9.94. The number of carbonyl (C=O) groups excluding carboxylic acids is 5. The third-order valence-corrected chi connectivity index (χ3v) is 8.17. The maximum Gasteiger partial charge on any atom is 0.490 e. The number of hydrogen-bond donors (Lipinski definition) is 6. The van der Waals surface area contributed by atoms with Gasteiger partial charge in [0.05, 0.1) is 13.2 Å². The van der Waals surface area contributed by atoms with E-state index in [-0.39, 0.29) is 29.1 Å². The zero-order chi connectivity index (χ0) is 44.9. The highest BCUT2D eigenvalue weighted by molar-refractivity contribution is 6.31. The lowest BCUT2D eigenvalue weighted by molar-refractivity contribution is -0.192. The van der Waals surface area contributed by atoms with Gasteiger partial charge in [0.2, 0.25) is 17.6 Å². The van der Waals surface area contributed by atoms with E-state index in [0.717, 1.165) is 10.9 Å². The third-order valence-electron chi connectivity index (χ3n) is 7.94. The minimum atomic E-state index is -5.08. The smallest absolute Gasteiger partial charge is 0.490 e. The van der Waals surface area contributed by atoms with Crippen LogP contribution in [0.3, 0.4) is 0 Å². The topological polar surface area (TPSA) is 206 Å². The summed E-state index contributed by atoms with van der Waals surface area (Å²) in [6, 6.07) is 13.2. The zero-order valence-corrected chi connectivity index (χ0v) is 31.9. The van der Waals surface area contributed by atoms with Crippen LogP contribution in [-0.2, 0) is 36.9 Å². The molecule has 0 radical (unpaired) electrons. The third kappa shape index (κ3) is 15.5. The Labute approximate surface area is 336 Å². The van der Waals surface area contributed by atoms with Crippen molar-refractivity contribution >= 4 is 47.0 Å². The summed E-state index contributed by atoms with van der Waals surface area (Å²) < 4.78 is 104. The molecule has 0 aliphatic rings. The van der Waals surface area contributed by atoms with Crippen LogP contribution < -0.4 is 31.7 Å². The monoisotopic (exact) mass is 867 g/mol. The van der Waals surface area contributed by atoms with Crippen LogP contribution in [0, 0.1) is 5.92 Å². The Balaban J connectivity index is 0.00000157. The van der Waals surface area contributed by atoms with E-state index in [0.29, 0.717) is 11.3 Å². The number of aliphatic carboxylic acids is 1. The van der Waals surface area contributed by atoms with Gasteiger partial charge in [0, 0.05) is 23.6 Å². The number of alkyl halides is 8. The average molecular weight is 868 g/mol. The van der Waals surface area contributed by atoms with Crippen LogP contribution in [0.5, 0.6) is 5.75 Å². The number of ketones is 1. The van der Waals surface area contributed by atoms with Crippen molar-refractivity contribution in [2.45, 2.75) is 63.2 Å². The number of amides is 4. The van der Waals surface area contributed by atoms with Crippen LogP contribution in [0.2, 0.25) is 5.02 Å². The van der Waals surface area contributed by atoms with Gasteiger partial charge in [-0.2, -0.15) is 35.1 Å². The zero-order valence-electron chi connectivity index (χ0n) is 31.1. The first-order valence-corrected chi connectivity index (χ1v) is 17.3. The molecule has 322 valence electrons. The van der Waals surface area contributed by atoms with Crippen molar-refractivity contribution in [1.29, 1.82) is 0 Å². The second-order valence-corrected chi connectivity index (χ2v) is 13.2. The Kier molecular flexibility index (Phi) is 17.8. The average Bonchev–Trinajstić information content (AvgIpc) is 3.17. The molecule has 0 fully saturated rings. The van der Waals surface area contributed by atoms with Gasteiger partial charge in [-0.3, -0.25) is 24.0 Å². The second kappa shape index (κ2) is 21.3. The van der Waals surface area contributed by atoms with Gasteiger partial charge in [0.25, 0.3) is 11.8 Å². The predicted molar refractivity (Wildman–Crippen MR) is 194 cm³/mol. The van der Waals surface area contributed by atoms with Gasteiger partial charge >= 0.3 is 24.2 Å². The number of ether oxygens (including phenoxy) is 1. The number of carboxylic acid groups (broad SMARTS) is 1. The Morgan fingerprint density at radius 3 is 1.83 bits per heavy atom. The maximum absolute atomic E-state index is 14.9. The summed E-state index contributed by atoms with van der Waals surface area (Å²) >= 11 is 6.04. The molecule has 0 spiro atoms. The number of carbonyl (C=O) groups is 6. The molecule has 0 heterocycles. The van der Waals surface area contributed by atoms with Gasteiger partial charge in [-0.05, 0) is 52.9 Å². The van der Waals surface area contributed by atoms with Crippen molar-refractivity contribution in [3.05, 3.63) is 100 Å². The molecule has 3 aromatic carbocycles. The Morgan fingerprint density at radius 2 is 1.36 bits per heavy atom. The number of Topliss-reactive ketones (excluding diaryl/α,β-unsaturated/α-hetero) is 1. The molecule has 22 heteroatoms. The van der Waals surface area contributed by atoms with Crippen molar-refractivity contribution in [2.24, 2.45) is 11.7 Å². The van der Waals surface area contributed by atoms with Gasteiger partial charge in [-0.1, -0.05) is 67.9 Å². The fourth-order valence-electron chi connectivity index (χ4n) is 4.84. The van der Waals surface area contributed by atoms with Crippen molar-refractivity contribution in [2.75, 3.05) is 13.7 Å². The normalized spacial score (nSPS) is 13.1. The standard InChI is InChI=1S/C35H37ClF5N5O6.C2HF3O2/c1-19(2)27(29(47)35(40,41)33(51)43-18-34(37,38)39)45-32(50)28(22-11-13-25(52-3)14-12-22)46-31(49)26(15-20-7-9-21(17-42)10-8-20)44-30(48)23-5-4-6-24(36)16-23;3-2(4,5)1(6)7/h4-14,16,19,26-28H,15,17-18,42H2,1-3H3,(H,43,51)(H,44,48)(H,45,50)(H,46,49);(H,6,7)/t26-,27-,28-;/m0./s1. The largest absolute Gasteiger partial charge is 0.497 e. The lowest BCUT2D eigenvalue weighted by Gasteiger charge is -2.28. The van der Waals surface area contributed by atoms with E-state index >= 15 is 0 Å². The quantitative estimate of drug-likeness (QED) is 0.0874. The van der Waals surface area contributed by atoms with E-state index < -0.39 is 84.2 Å². The molecule has 4 amide bonds. The molecule has 3 aromatic rings. The highest BCUT2D eigenvalue weighted by Crippen LogP contribution is 2.24. The minimum absolute atomic E-state index is 0.0866. The van der Waals surface area contributed by atoms with E-state index in [1.54, 1.807) is 30.3 Å². The van der Waals surface area contributed by atoms with Crippen molar-refractivity contribution in [3.63, 3.8) is 0 Å². The molecule has 0 saturated carbocycles. The highest BCUT2D eigenvalue weighted by atomic mass is 35.5. The Hall–Kier alpha value is -5.83. The number of nitrogens with two attached hydrogens (primary N) is 1. The van der Waals surface area contributed by atoms with Crippen LogP contribution in [0.15, 0.2) is 72.8 Å². The first kappa shape index (κ1) is 49.3. The van der Waals surface area contributed by atoms with Gasteiger partial charge in [-0.25, -0.2) is 4.79 Å². The van der Waals surface area contributed by atoms with Gasteiger partial charge in [-0.15, -0.1) is 0 Å². The highest BCUT2D eigenvalue weighted by Gasteiger charge is 2.52. The van der Waals surface area contributed by atoms with Crippen LogP contribution in [0.1, 0.15) is 46.9 Å². The molecule has 3 rings (SSSR count). The number of benzene rings is 3. The molecule has 0 aliphatic heterocycles. The molecule has 0 aromatic heterocycles. The summed E-state index contributed by atoms with van der Waals surface area (Å²) in [6.07, 6.45) is -10.2. The van der Waals surface area contributed by atoms with Gasteiger partial charge in [0.1, 0.15) is 24.4 Å². The summed E-state index contributed by atoms with van der Waals surface area (Å²) in [7, 11) is 1.37. The summed E-state index contributed by atoms with van der Waals surface area (Å²) in [6.45, 7) is 0.638. The summed E-state index contributed by atoms with van der Waals surface area (Å²) in [4.78, 5) is 74.8. The number of hydrogen-bond acceptors (Lipinski definition) is 8. The van der Waals surface area contributed by atoms with Crippen LogP contribution in [0.25, 0.3) is 0 Å². The first-order chi connectivity index (χ1) is 27.3. The predicted octanol–water partition coefficient (Wildman–Crippen LogP) is 4.66. The number of rotatable bonds is 16. The molecular weight excluding hydrogens is 830 g/mol. The van der Waals surface area contributed by atoms with E-state index in [1.165, 1.54) is 63.4 Å². The van der Waals surface area contributed by atoms with Crippen molar-refractivity contribution in [1.82, 2.24) is 21.3 Å². The van der Waals surface area contributed by atoms with Crippen molar-refractivity contribution in [3.8, 4) is 5.75 Å². The number of methoxy groups -OCH3 is 1. The van der Waals surface area contributed by atoms with Crippen LogP contribution in [0.4, 0.5) is 35.1 Å². The molecule has 0 unspecified atom stereocenters. The molecule has 7 N–H and O–H groups in total. The minimum Gasteiger partial charge on any atom is -0.497 e. The molecule has 0 saturated heterocycles. The Bertz CT molecular complexity index is 1950. The summed E-state index contributed by atoms with van der Waals surface area (Å²) in [5.41, 5.74) is 7.27. The van der Waals surface area contributed by atoms with E-state index in [2.05, 4.69) is 16.0 Å². The van der Waals surface area contributed by atoms with Crippen LogP contribution >= 0.6 is 11.6 Å². The molecule has 0 aliphatic carbocycles. The SMILES string of the molecule is COc1ccc([C@H](NC(=O)[C@H](Cc2ccc(CN)cc2)NC(=O)c2cccc(Cl)c2)C(=O)N[C@H](C(=O)C(F)(F)C(=O)NCC(F)(F)F)C(C)C)cc1.O=C(O)C(F)(F)F. The molecule has 59 heavy (non-hydrogen) atoms. The number of halogens is 9. The molecular formula is C37H38ClF8N5O8. The van der Waals surface area contributed by atoms with E-state index in [1.807, 2.05) is 0 Å². The fourth-order valence-corrected chi connectivity index (χ4v) is 5.03. The molecule has 13 nitrogen and oxygen atoms in total. The fraction of sp³-hybridized carbons (Fsp3) is 0.351. The van der Waals surface area contributed by atoms with E-state index in [9.17, 15) is 59.1 Å². The van der Waals surface area contributed by atoms with E-state index in [4.69, 9.17) is 32.0 Å². The Morgan fingerprint density at radius 1 is 0.797 bits per heavy atom. The molecule has 3 atom stereocenters. The number of nitrogens with one attached hydrogen (secondary N) is 4. The van der Waals surface area contributed by atoms with Gasteiger partial charge in [0.15, 0.2) is 0 Å². The summed E-state index contributed by atoms with van der Waals surface area (Å²) in [5, 5.41) is 15.6. The van der Waals surface area contributed by atoms with Crippen molar-refractivity contribution < 1.29 is 73.7 Å². The maximum atomic E-state index is 14.9. The number of carboxylic acids is 1. The molecule has 0 bridgehead atoms. The first-order valence-electron chi connectivity index (χ1n) is 17.0.